The smallest absolute Gasteiger partial charge is 0.303 e. The van der Waals surface area contributed by atoms with Crippen LogP contribution >= 0.6 is 0 Å². The van der Waals surface area contributed by atoms with Gasteiger partial charge in [0.1, 0.15) is 6.29 Å². The van der Waals surface area contributed by atoms with Gasteiger partial charge >= 0.3 is 23.1 Å². The van der Waals surface area contributed by atoms with Gasteiger partial charge in [-0.25, -0.2) is 0 Å². The largest absolute Gasteiger partial charge is 0.316 e. The van der Waals surface area contributed by atoms with Crippen molar-refractivity contribution in [2.75, 3.05) is 0 Å². The summed E-state index contributed by atoms with van der Waals surface area (Å²) in [5.74, 6) is 0.324. The highest BCUT2D eigenvalue weighted by atomic mass is 24.3. The van der Waals surface area contributed by atoms with Gasteiger partial charge in [-0.15, -0.1) is 0 Å². The fourth-order valence-corrected chi connectivity index (χ4v) is 0.835. The zero-order valence-corrected chi connectivity index (χ0v) is 6.39. The van der Waals surface area contributed by atoms with Crippen molar-refractivity contribution >= 4 is 29.3 Å². The van der Waals surface area contributed by atoms with Gasteiger partial charge in [-0.2, -0.15) is 0 Å². The van der Waals surface area contributed by atoms with Crippen molar-refractivity contribution in [1.82, 2.24) is 0 Å². The minimum absolute atomic E-state index is 0. The lowest BCUT2D eigenvalue weighted by molar-refractivity contribution is -0.111. The molecule has 0 aromatic heterocycles. The van der Waals surface area contributed by atoms with E-state index in [9.17, 15) is 4.79 Å². The molecule has 1 unspecified atom stereocenters. The van der Waals surface area contributed by atoms with Gasteiger partial charge in [0.25, 0.3) is 0 Å². The lowest BCUT2D eigenvalue weighted by Crippen LogP contribution is -1.98. The van der Waals surface area contributed by atoms with Gasteiger partial charge in [0, 0.05) is 5.92 Å². The van der Waals surface area contributed by atoms with E-state index in [-0.39, 0.29) is 23.1 Å². The summed E-state index contributed by atoms with van der Waals surface area (Å²) < 4.78 is 0. The molecule has 0 bridgehead atoms. The Bertz CT molecular complexity index is 73.7. The van der Waals surface area contributed by atoms with Gasteiger partial charge in [-0.3, -0.25) is 0 Å². The van der Waals surface area contributed by atoms with E-state index in [0.717, 1.165) is 19.1 Å². The van der Waals surface area contributed by atoms with Crippen LogP contribution in [0.15, 0.2) is 0 Å². The fourth-order valence-electron chi connectivity index (χ4n) is 0.835. The second kappa shape index (κ2) is 9.44. The van der Waals surface area contributed by atoms with Gasteiger partial charge < -0.3 is 4.79 Å². The number of hydrogen-bond acceptors (Lipinski definition) is 1. The van der Waals surface area contributed by atoms with Gasteiger partial charge in [0.2, 0.25) is 0 Å². The molecule has 0 rings (SSSR count). The van der Waals surface area contributed by atoms with Crippen molar-refractivity contribution in [2.24, 2.45) is 5.92 Å². The zero-order chi connectivity index (χ0) is 7.11. The summed E-state index contributed by atoms with van der Waals surface area (Å²) in [6.45, 7) is 4.21. The number of unbranched alkanes of at least 4 members (excludes halogenated alkanes) is 1. The number of carbonyl (C=O) groups excluding carboxylic acids is 1. The van der Waals surface area contributed by atoms with Crippen LogP contribution in [0.1, 0.15) is 39.5 Å². The standard InChI is InChI=1S/C8H16O.Mg.2H/c1-3-5-6-8(4-2)7-9;;;/h7-8H,3-6H2,1-2H3;;;. The number of rotatable bonds is 5. The van der Waals surface area contributed by atoms with Crippen molar-refractivity contribution in [3.8, 4) is 0 Å². The highest BCUT2D eigenvalue weighted by molar-refractivity contribution is 5.75. The first-order chi connectivity index (χ1) is 4.35. The van der Waals surface area contributed by atoms with E-state index in [0.29, 0.717) is 5.92 Å². The molecule has 0 heterocycles. The minimum atomic E-state index is 0. The van der Waals surface area contributed by atoms with Crippen molar-refractivity contribution in [3.05, 3.63) is 0 Å². The Morgan fingerprint density at radius 1 is 1.40 bits per heavy atom. The van der Waals surface area contributed by atoms with Crippen LogP contribution in [-0.2, 0) is 4.79 Å². The molecule has 0 saturated heterocycles. The number of carbonyl (C=O) groups is 1. The van der Waals surface area contributed by atoms with E-state index < -0.39 is 0 Å². The van der Waals surface area contributed by atoms with Gasteiger partial charge in [0.05, 0.1) is 0 Å². The molecular weight excluding hydrogens is 136 g/mol. The average molecular weight is 155 g/mol. The molecule has 0 aliphatic carbocycles. The summed E-state index contributed by atoms with van der Waals surface area (Å²) in [6.07, 6.45) is 5.55. The molecule has 1 atom stereocenters. The van der Waals surface area contributed by atoms with Gasteiger partial charge in [-0.05, 0) is 12.8 Å². The molecule has 0 fully saturated rings. The van der Waals surface area contributed by atoms with Crippen molar-refractivity contribution < 1.29 is 4.79 Å². The third-order valence-corrected chi connectivity index (χ3v) is 1.65. The first-order valence-electron chi connectivity index (χ1n) is 3.80. The van der Waals surface area contributed by atoms with E-state index in [1.807, 2.05) is 0 Å². The summed E-state index contributed by atoms with van der Waals surface area (Å²) in [4.78, 5) is 10.2. The van der Waals surface area contributed by atoms with E-state index in [4.69, 9.17) is 0 Å². The molecule has 10 heavy (non-hydrogen) atoms. The van der Waals surface area contributed by atoms with Crippen LogP contribution in [0.2, 0.25) is 0 Å². The van der Waals surface area contributed by atoms with Crippen LogP contribution in [0.3, 0.4) is 0 Å². The number of hydrogen-bond donors (Lipinski definition) is 0. The quantitative estimate of drug-likeness (QED) is 0.433. The lowest BCUT2D eigenvalue weighted by Gasteiger charge is -2.03. The molecule has 0 saturated carbocycles. The Balaban J connectivity index is 0. The zero-order valence-electron chi connectivity index (χ0n) is 6.39. The molecule has 58 valence electrons. The molecule has 0 spiro atoms. The maximum absolute atomic E-state index is 10.2. The first kappa shape index (κ1) is 13.1. The second-order valence-corrected chi connectivity index (χ2v) is 2.45. The summed E-state index contributed by atoms with van der Waals surface area (Å²) >= 11 is 0. The van der Waals surface area contributed by atoms with Crippen LogP contribution in [-0.4, -0.2) is 29.3 Å². The van der Waals surface area contributed by atoms with Crippen LogP contribution in [0.25, 0.3) is 0 Å². The minimum Gasteiger partial charge on any atom is -0.303 e. The molecule has 2 heteroatoms. The average Bonchev–Trinajstić information content (AvgIpc) is 1.91. The Morgan fingerprint density at radius 3 is 2.30 bits per heavy atom. The molecular formula is C8H18MgO. The maximum atomic E-state index is 10.2. The predicted octanol–water partition coefficient (Wildman–Crippen LogP) is 1.49. The normalized spacial score (nSPS) is 11.8. The maximum Gasteiger partial charge on any atom is 0.316 e. The van der Waals surface area contributed by atoms with E-state index in [1.54, 1.807) is 0 Å². The Hall–Kier alpha value is 0.436. The van der Waals surface area contributed by atoms with Crippen molar-refractivity contribution in [3.63, 3.8) is 0 Å². The summed E-state index contributed by atoms with van der Waals surface area (Å²) in [5, 5.41) is 0. The molecule has 0 N–H and O–H groups in total. The Labute approximate surface area is 79.7 Å². The highest BCUT2D eigenvalue weighted by Gasteiger charge is 2.01. The van der Waals surface area contributed by atoms with Crippen LogP contribution in [0.4, 0.5) is 0 Å². The molecule has 0 aliphatic heterocycles. The van der Waals surface area contributed by atoms with Crippen molar-refractivity contribution in [1.29, 1.82) is 0 Å². The van der Waals surface area contributed by atoms with Gasteiger partial charge in [0.15, 0.2) is 0 Å². The van der Waals surface area contributed by atoms with Crippen LogP contribution < -0.4 is 0 Å². The molecule has 0 radical (unpaired) electrons. The first-order valence-corrected chi connectivity index (χ1v) is 3.80. The monoisotopic (exact) mass is 154 g/mol. The molecule has 0 aromatic rings. The molecule has 0 amide bonds. The topological polar surface area (TPSA) is 17.1 Å². The summed E-state index contributed by atoms with van der Waals surface area (Å²) in [7, 11) is 0. The molecule has 0 aliphatic rings. The van der Waals surface area contributed by atoms with Crippen molar-refractivity contribution in [2.45, 2.75) is 39.5 Å². The van der Waals surface area contributed by atoms with E-state index in [1.165, 1.54) is 12.8 Å². The van der Waals surface area contributed by atoms with Gasteiger partial charge in [-0.1, -0.05) is 26.7 Å². The third kappa shape index (κ3) is 6.55. The highest BCUT2D eigenvalue weighted by Crippen LogP contribution is 2.08. The summed E-state index contributed by atoms with van der Waals surface area (Å²) in [6, 6.07) is 0. The Morgan fingerprint density at radius 2 is 2.00 bits per heavy atom. The third-order valence-electron chi connectivity index (χ3n) is 1.65. The molecule has 0 aromatic carbocycles. The number of aldehydes is 1. The van der Waals surface area contributed by atoms with E-state index in [2.05, 4.69) is 13.8 Å². The van der Waals surface area contributed by atoms with Crippen LogP contribution in [0.5, 0.6) is 0 Å². The predicted molar refractivity (Wildman–Crippen MR) is 47.9 cm³/mol. The van der Waals surface area contributed by atoms with E-state index >= 15 is 0 Å². The SMILES string of the molecule is CCCCC(C=O)CC.[MgH2]. The second-order valence-electron chi connectivity index (χ2n) is 2.45. The van der Waals surface area contributed by atoms with Crippen LogP contribution in [0, 0.1) is 5.92 Å². The Kier molecular flexibility index (Phi) is 12.3. The lowest BCUT2D eigenvalue weighted by atomic mass is 10.0. The molecule has 1 nitrogen and oxygen atoms in total. The summed E-state index contributed by atoms with van der Waals surface area (Å²) in [5.41, 5.74) is 0. The fraction of sp³-hybridized carbons (Fsp3) is 0.875.